The van der Waals surface area contributed by atoms with Gasteiger partial charge >= 0.3 is 0 Å². The van der Waals surface area contributed by atoms with Crippen LogP contribution in [-0.4, -0.2) is 87.8 Å². The molecule has 2 fully saturated rings. The van der Waals surface area contributed by atoms with Gasteiger partial charge in [-0.2, -0.15) is 4.31 Å². The summed E-state index contributed by atoms with van der Waals surface area (Å²) in [6.45, 7) is 5.99. The minimum atomic E-state index is -3.72. The highest BCUT2D eigenvalue weighted by atomic mass is 32.2. The van der Waals surface area contributed by atoms with Gasteiger partial charge in [0, 0.05) is 51.3 Å². The molecule has 1 aromatic rings. The van der Waals surface area contributed by atoms with Crippen LogP contribution in [0.15, 0.2) is 23.1 Å². The first-order valence-corrected chi connectivity index (χ1v) is 12.4. The van der Waals surface area contributed by atoms with Crippen LogP contribution in [0, 0.1) is 11.8 Å². The van der Waals surface area contributed by atoms with Gasteiger partial charge in [0.1, 0.15) is 0 Å². The number of hydrogen-bond donors (Lipinski definition) is 0. The number of nitrogens with zero attached hydrogens (tertiary/aromatic N) is 3. The molecule has 2 aliphatic rings. The number of carbonyl (C=O) groups is 2. The Morgan fingerprint density at radius 1 is 0.969 bits per heavy atom. The van der Waals surface area contributed by atoms with E-state index in [9.17, 15) is 18.0 Å². The average Bonchev–Trinajstić information content (AvgIpc) is 2.82. The van der Waals surface area contributed by atoms with E-state index in [1.165, 1.54) is 30.7 Å². The van der Waals surface area contributed by atoms with E-state index in [-0.39, 0.29) is 41.6 Å². The minimum Gasteiger partial charge on any atom is -0.493 e. The van der Waals surface area contributed by atoms with E-state index in [1.54, 1.807) is 15.9 Å². The van der Waals surface area contributed by atoms with Crippen molar-refractivity contribution in [3.63, 3.8) is 0 Å². The van der Waals surface area contributed by atoms with Crippen LogP contribution >= 0.6 is 0 Å². The maximum atomic E-state index is 13.1. The number of piperazine rings is 1. The topological polar surface area (TPSA) is 96.5 Å². The van der Waals surface area contributed by atoms with Crippen molar-refractivity contribution in [3.05, 3.63) is 18.2 Å². The summed E-state index contributed by atoms with van der Waals surface area (Å²) in [6, 6.07) is 4.52. The predicted molar refractivity (Wildman–Crippen MR) is 119 cm³/mol. The van der Waals surface area contributed by atoms with Crippen molar-refractivity contribution < 1.29 is 27.5 Å². The lowest BCUT2D eigenvalue weighted by molar-refractivity contribution is -0.143. The summed E-state index contributed by atoms with van der Waals surface area (Å²) in [7, 11) is -0.766. The van der Waals surface area contributed by atoms with Gasteiger partial charge in [-0.15, -0.1) is 0 Å². The first-order valence-electron chi connectivity index (χ1n) is 11.0. The fourth-order valence-electron chi connectivity index (χ4n) is 4.28. The average molecular weight is 468 g/mol. The number of rotatable bonds is 6. The molecule has 32 heavy (non-hydrogen) atoms. The first kappa shape index (κ1) is 24.3. The Kier molecular flexibility index (Phi) is 7.66. The summed E-state index contributed by atoms with van der Waals surface area (Å²) < 4.78 is 38.0. The second-order valence-corrected chi connectivity index (χ2v) is 10.5. The summed E-state index contributed by atoms with van der Waals surface area (Å²) in [5.41, 5.74) is 0. The van der Waals surface area contributed by atoms with Gasteiger partial charge in [0.15, 0.2) is 11.5 Å². The third-order valence-corrected chi connectivity index (χ3v) is 8.01. The van der Waals surface area contributed by atoms with Gasteiger partial charge in [0.2, 0.25) is 21.8 Å². The Morgan fingerprint density at radius 2 is 1.62 bits per heavy atom. The lowest BCUT2D eigenvalue weighted by Crippen LogP contribution is -2.54. The maximum Gasteiger partial charge on any atom is 0.243 e. The number of likely N-dealkylation sites (tertiary alicyclic amines) is 1. The van der Waals surface area contributed by atoms with Crippen molar-refractivity contribution in [2.24, 2.45) is 11.8 Å². The number of sulfonamides is 1. The second-order valence-electron chi connectivity index (χ2n) is 8.52. The molecule has 0 saturated carbocycles. The third-order valence-electron chi connectivity index (χ3n) is 6.12. The smallest absolute Gasteiger partial charge is 0.243 e. The van der Waals surface area contributed by atoms with E-state index in [0.29, 0.717) is 37.7 Å². The Balaban J connectivity index is 1.63. The van der Waals surface area contributed by atoms with Crippen LogP contribution in [0.3, 0.4) is 0 Å². The Bertz CT molecular complexity index is 941. The molecule has 1 aromatic carbocycles. The zero-order chi connectivity index (χ0) is 23.5. The Morgan fingerprint density at radius 3 is 2.22 bits per heavy atom. The number of ether oxygens (including phenoxy) is 2. The van der Waals surface area contributed by atoms with Crippen LogP contribution in [0.25, 0.3) is 0 Å². The van der Waals surface area contributed by atoms with Gasteiger partial charge < -0.3 is 19.3 Å². The van der Waals surface area contributed by atoms with Gasteiger partial charge in [-0.05, 0) is 25.0 Å². The van der Waals surface area contributed by atoms with Crippen LogP contribution in [0.2, 0.25) is 0 Å². The van der Waals surface area contributed by atoms with E-state index in [1.807, 2.05) is 13.8 Å². The predicted octanol–water partition coefficient (Wildman–Crippen LogP) is 1.43. The molecule has 9 nitrogen and oxygen atoms in total. The van der Waals surface area contributed by atoms with Crippen LogP contribution < -0.4 is 9.47 Å². The highest BCUT2D eigenvalue weighted by Gasteiger charge is 2.35. The monoisotopic (exact) mass is 467 g/mol. The van der Waals surface area contributed by atoms with E-state index < -0.39 is 10.0 Å². The summed E-state index contributed by atoms with van der Waals surface area (Å²) in [6.07, 6.45) is 1.56. The molecular weight excluding hydrogens is 434 g/mol. The number of amides is 2. The molecule has 1 atom stereocenters. The first-order chi connectivity index (χ1) is 15.2. The van der Waals surface area contributed by atoms with Crippen molar-refractivity contribution >= 4 is 21.8 Å². The van der Waals surface area contributed by atoms with Crippen molar-refractivity contribution in [1.82, 2.24) is 14.1 Å². The van der Waals surface area contributed by atoms with Gasteiger partial charge in [-0.3, -0.25) is 9.59 Å². The third kappa shape index (κ3) is 5.01. The summed E-state index contributed by atoms with van der Waals surface area (Å²) in [4.78, 5) is 29.0. The Hall–Kier alpha value is -2.33. The van der Waals surface area contributed by atoms with E-state index in [0.717, 1.165) is 12.8 Å². The van der Waals surface area contributed by atoms with Crippen LogP contribution in [0.5, 0.6) is 11.5 Å². The number of piperidine rings is 1. The van der Waals surface area contributed by atoms with Crippen molar-refractivity contribution in [2.75, 3.05) is 53.5 Å². The summed E-state index contributed by atoms with van der Waals surface area (Å²) in [5, 5.41) is 0. The zero-order valence-corrected chi connectivity index (χ0v) is 20.1. The minimum absolute atomic E-state index is 0.00872. The van der Waals surface area contributed by atoms with E-state index >= 15 is 0 Å². The number of benzene rings is 1. The molecular formula is C22H33N3O6S. The fraction of sp³-hybridized carbons (Fsp3) is 0.636. The quantitative estimate of drug-likeness (QED) is 0.628. The number of methoxy groups -OCH3 is 2. The molecule has 178 valence electrons. The van der Waals surface area contributed by atoms with Crippen molar-refractivity contribution in [3.8, 4) is 11.5 Å². The SMILES string of the molecule is COc1ccc(S(=O)(=O)N2CCN(C(=O)C3CCCN(C(=O)C(C)C)C3)CC2)cc1OC. The highest BCUT2D eigenvalue weighted by molar-refractivity contribution is 7.89. The molecule has 0 bridgehead atoms. The molecule has 0 spiro atoms. The molecule has 0 radical (unpaired) electrons. The molecule has 10 heteroatoms. The van der Waals surface area contributed by atoms with Crippen molar-refractivity contribution in [2.45, 2.75) is 31.6 Å². The van der Waals surface area contributed by atoms with Crippen molar-refractivity contribution in [1.29, 1.82) is 0 Å². The molecule has 0 aromatic heterocycles. The standard InChI is InChI=1S/C22H33N3O6S/c1-16(2)21(26)24-9-5-6-17(15-24)22(27)23-10-12-25(13-11-23)32(28,29)18-7-8-19(30-3)20(14-18)31-4/h7-8,14,16-17H,5-6,9-13,15H2,1-4H3. The number of hydrogen-bond acceptors (Lipinski definition) is 6. The van der Waals surface area contributed by atoms with Crippen LogP contribution in [0.4, 0.5) is 0 Å². The van der Waals surface area contributed by atoms with E-state index in [4.69, 9.17) is 9.47 Å². The molecule has 2 amide bonds. The highest BCUT2D eigenvalue weighted by Crippen LogP contribution is 2.31. The maximum absolute atomic E-state index is 13.1. The number of carbonyl (C=O) groups excluding carboxylic acids is 2. The fourth-order valence-corrected chi connectivity index (χ4v) is 5.72. The molecule has 0 N–H and O–H groups in total. The van der Waals surface area contributed by atoms with Gasteiger partial charge in [-0.1, -0.05) is 13.8 Å². The molecule has 2 heterocycles. The summed E-state index contributed by atoms with van der Waals surface area (Å²) in [5.74, 6) is 0.580. The summed E-state index contributed by atoms with van der Waals surface area (Å²) >= 11 is 0. The normalized spacial score (nSPS) is 20.3. The molecule has 2 aliphatic heterocycles. The van der Waals surface area contributed by atoms with Gasteiger partial charge in [0.25, 0.3) is 0 Å². The zero-order valence-electron chi connectivity index (χ0n) is 19.2. The van der Waals surface area contributed by atoms with Gasteiger partial charge in [-0.25, -0.2) is 8.42 Å². The molecule has 3 rings (SSSR count). The lowest BCUT2D eigenvalue weighted by atomic mass is 9.95. The van der Waals surface area contributed by atoms with Crippen LogP contribution in [-0.2, 0) is 19.6 Å². The lowest BCUT2D eigenvalue weighted by Gasteiger charge is -2.39. The van der Waals surface area contributed by atoms with Gasteiger partial charge in [0.05, 0.1) is 25.0 Å². The van der Waals surface area contributed by atoms with E-state index in [2.05, 4.69) is 0 Å². The molecule has 2 saturated heterocycles. The largest absolute Gasteiger partial charge is 0.493 e. The second kappa shape index (κ2) is 10.1. The Labute approximate surface area is 190 Å². The molecule has 0 aliphatic carbocycles. The van der Waals surface area contributed by atoms with Crippen LogP contribution in [0.1, 0.15) is 26.7 Å². The molecule has 1 unspecified atom stereocenters.